The Morgan fingerprint density at radius 2 is 2.39 bits per heavy atom. The lowest BCUT2D eigenvalue weighted by Crippen LogP contribution is -2.00. The van der Waals surface area contributed by atoms with Gasteiger partial charge in [0.2, 0.25) is 5.69 Å². The topological polar surface area (TPSA) is 106 Å². The van der Waals surface area contributed by atoms with E-state index in [0.29, 0.717) is 0 Å². The maximum absolute atomic E-state index is 11.0. The van der Waals surface area contributed by atoms with Crippen molar-refractivity contribution in [3.05, 3.63) is 33.6 Å². The molecule has 0 radical (unpaired) electrons. The quantitative estimate of drug-likeness (QED) is 0.330. The molecule has 0 aliphatic rings. The number of rotatable bonds is 2. The number of pyridine rings is 1. The molecular weight excluding hydrogens is 238 g/mol. The minimum atomic E-state index is -0.735. The molecule has 0 aliphatic heterocycles. The highest BCUT2D eigenvalue weighted by Crippen LogP contribution is 2.16. The average Bonchev–Trinajstić information content (AvgIpc) is 2.36. The van der Waals surface area contributed by atoms with E-state index >= 15 is 0 Å². The van der Waals surface area contributed by atoms with E-state index in [0.717, 1.165) is 6.07 Å². The molecule has 0 amide bonds. The van der Waals surface area contributed by atoms with Crippen LogP contribution in [-0.2, 0) is 9.53 Å². The van der Waals surface area contributed by atoms with Crippen LogP contribution in [0.15, 0.2) is 12.3 Å². The summed E-state index contributed by atoms with van der Waals surface area (Å²) in [5.74, 6) is 3.79. The zero-order valence-electron chi connectivity index (χ0n) is 9.34. The molecular formula is C11H7N3O4. The molecule has 0 N–H and O–H groups in total. The highest BCUT2D eigenvalue weighted by atomic mass is 16.6. The van der Waals surface area contributed by atoms with Crippen LogP contribution in [0.2, 0.25) is 0 Å². The molecule has 0 unspecified atom stereocenters. The maximum Gasteiger partial charge on any atom is 0.384 e. The normalized spacial score (nSPS) is 8.67. The van der Waals surface area contributed by atoms with Crippen LogP contribution in [0.3, 0.4) is 0 Å². The van der Waals surface area contributed by atoms with E-state index in [1.807, 2.05) is 0 Å². The number of aromatic nitrogens is 1. The van der Waals surface area contributed by atoms with Gasteiger partial charge in [-0.3, -0.25) is 10.1 Å². The van der Waals surface area contributed by atoms with Gasteiger partial charge >= 0.3 is 11.7 Å². The number of hydrogen-bond acceptors (Lipinski definition) is 6. The first-order chi connectivity index (χ1) is 8.58. The molecule has 1 rings (SSSR count). The molecule has 90 valence electrons. The minimum Gasteiger partial charge on any atom is -0.456 e. The largest absolute Gasteiger partial charge is 0.456 e. The second-order valence-corrected chi connectivity index (χ2v) is 2.93. The van der Waals surface area contributed by atoms with Gasteiger partial charge < -0.3 is 4.74 Å². The fraction of sp³-hybridized carbons (Fsp3) is 0.182. The Labute approximate surface area is 102 Å². The number of carbonyl (C=O) groups is 1. The smallest absolute Gasteiger partial charge is 0.384 e. The molecule has 1 heterocycles. The maximum atomic E-state index is 11.0. The van der Waals surface area contributed by atoms with Gasteiger partial charge in [0.1, 0.15) is 6.07 Å². The van der Waals surface area contributed by atoms with Gasteiger partial charge in [0, 0.05) is 18.2 Å². The first-order valence-electron chi connectivity index (χ1n) is 4.81. The average molecular weight is 245 g/mol. The van der Waals surface area contributed by atoms with Gasteiger partial charge in [-0.1, -0.05) is 5.92 Å². The summed E-state index contributed by atoms with van der Waals surface area (Å²) in [6, 6.07) is 2.68. The van der Waals surface area contributed by atoms with E-state index in [1.165, 1.54) is 6.20 Å². The van der Waals surface area contributed by atoms with Gasteiger partial charge in [-0.05, 0) is 6.92 Å². The Hall–Kier alpha value is -2.93. The fourth-order valence-corrected chi connectivity index (χ4v) is 1.04. The van der Waals surface area contributed by atoms with Crippen molar-refractivity contribution in [3.63, 3.8) is 0 Å². The Bertz CT molecular complexity index is 593. The molecule has 0 spiro atoms. The van der Waals surface area contributed by atoms with Crippen molar-refractivity contribution in [1.29, 1.82) is 5.26 Å². The molecule has 0 aromatic carbocycles. The molecule has 0 aliphatic carbocycles. The summed E-state index contributed by atoms with van der Waals surface area (Å²) in [7, 11) is 0. The molecule has 1 aromatic heterocycles. The fourth-order valence-electron chi connectivity index (χ4n) is 1.04. The standard InChI is InChI=1S/C11H7N3O4/c1-2-18-11(15)4-3-8-5-10(14(16)17)9(6-12)13-7-8/h5,7H,2H2,1H3. The highest BCUT2D eigenvalue weighted by molar-refractivity contribution is 5.89. The van der Waals surface area contributed by atoms with E-state index in [-0.39, 0.29) is 17.9 Å². The summed E-state index contributed by atoms with van der Waals surface area (Å²) in [4.78, 5) is 24.5. The van der Waals surface area contributed by atoms with Crippen molar-refractivity contribution in [2.45, 2.75) is 6.92 Å². The van der Waals surface area contributed by atoms with Crippen molar-refractivity contribution in [2.24, 2.45) is 0 Å². The van der Waals surface area contributed by atoms with E-state index in [9.17, 15) is 14.9 Å². The zero-order chi connectivity index (χ0) is 13.5. The monoisotopic (exact) mass is 245 g/mol. The van der Waals surface area contributed by atoms with Crippen LogP contribution in [0.25, 0.3) is 0 Å². The lowest BCUT2D eigenvalue weighted by Gasteiger charge is -1.94. The number of nitriles is 1. The number of carbonyl (C=O) groups excluding carboxylic acids is 1. The van der Waals surface area contributed by atoms with Crippen molar-refractivity contribution in [2.75, 3.05) is 6.61 Å². The van der Waals surface area contributed by atoms with Crippen LogP contribution in [0.4, 0.5) is 5.69 Å². The predicted molar refractivity (Wildman–Crippen MR) is 59.1 cm³/mol. The number of nitrogens with zero attached hydrogens (tertiary/aromatic N) is 3. The predicted octanol–water partition coefficient (Wildman–Crippen LogP) is 0.776. The number of hydrogen-bond donors (Lipinski definition) is 0. The summed E-state index contributed by atoms with van der Waals surface area (Å²) >= 11 is 0. The third kappa shape index (κ3) is 3.29. The van der Waals surface area contributed by atoms with Crippen molar-refractivity contribution < 1.29 is 14.5 Å². The molecule has 0 fully saturated rings. The van der Waals surface area contributed by atoms with Gasteiger partial charge in [-0.2, -0.15) is 5.26 Å². The summed E-state index contributed by atoms with van der Waals surface area (Å²) in [6.45, 7) is 1.83. The van der Waals surface area contributed by atoms with Gasteiger partial charge in [-0.15, -0.1) is 0 Å². The molecule has 1 aromatic rings. The van der Waals surface area contributed by atoms with Crippen LogP contribution in [0, 0.1) is 33.3 Å². The van der Waals surface area contributed by atoms with Crippen LogP contribution in [0.5, 0.6) is 0 Å². The van der Waals surface area contributed by atoms with Crippen molar-refractivity contribution in [3.8, 4) is 17.9 Å². The third-order valence-corrected chi connectivity index (χ3v) is 1.75. The summed E-state index contributed by atoms with van der Waals surface area (Å²) < 4.78 is 4.57. The number of ether oxygens (including phenoxy) is 1. The second kappa shape index (κ2) is 5.97. The van der Waals surface area contributed by atoms with E-state index in [1.54, 1.807) is 13.0 Å². The summed E-state index contributed by atoms with van der Waals surface area (Å²) in [6.07, 6.45) is 1.18. The first-order valence-corrected chi connectivity index (χ1v) is 4.81. The van der Waals surface area contributed by atoms with Gasteiger partial charge in [0.05, 0.1) is 17.1 Å². The van der Waals surface area contributed by atoms with E-state index in [4.69, 9.17) is 5.26 Å². The van der Waals surface area contributed by atoms with E-state index < -0.39 is 16.6 Å². The van der Waals surface area contributed by atoms with Gasteiger partial charge in [0.25, 0.3) is 0 Å². The Balaban J connectivity index is 3.07. The number of nitro groups is 1. The molecule has 0 atom stereocenters. The Kier molecular flexibility index (Phi) is 4.35. The molecule has 0 saturated heterocycles. The zero-order valence-corrected chi connectivity index (χ0v) is 9.34. The molecule has 7 heteroatoms. The summed E-state index contributed by atoms with van der Waals surface area (Å²) in [5.41, 5.74) is -0.594. The van der Waals surface area contributed by atoms with Crippen LogP contribution >= 0.6 is 0 Å². The molecule has 18 heavy (non-hydrogen) atoms. The molecule has 0 bridgehead atoms. The van der Waals surface area contributed by atoms with E-state index in [2.05, 4.69) is 21.6 Å². The van der Waals surface area contributed by atoms with Crippen LogP contribution in [0.1, 0.15) is 18.2 Å². The van der Waals surface area contributed by atoms with Crippen molar-refractivity contribution >= 4 is 11.7 Å². The van der Waals surface area contributed by atoms with Gasteiger partial charge in [-0.25, -0.2) is 9.78 Å². The second-order valence-electron chi connectivity index (χ2n) is 2.93. The first kappa shape index (κ1) is 13.1. The SMILES string of the molecule is CCOC(=O)C#Cc1cnc(C#N)c([N+](=O)[O-])c1. The highest BCUT2D eigenvalue weighted by Gasteiger charge is 2.15. The minimum absolute atomic E-state index is 0.161. The molecule has 7 nitrogen and oxygen atoms in total. The Morgan fingerprint density at radius 3 is 2.94 bits per heavy atom. The van der Waals surface area contributed by atoms with Gasteiger partial charge in [0.15, 0.2) is 0 Å². The molecule has 0 saturated carbocycles. The Morgan fingerprint density at radius 1 is 1.67 bits per heavy atom. The third-order valence-electron chi connectivity index (χ3n) is 1.75. The van der Waals surface area contributed by atoms with Crippen LogP contribution < -0.4 is 0 Å². The van der Waals surface area contributed by atoms with Crippen molar-refractivity contribution in [1.82, 2.24) is 4.98 Å². The summed E-state index contributed by atoms with van der Waals surface area (Å²) in [5, 5.41) is 19.3. The lowest BCUT2D eigenvalue weighted by atomic mass is 10.2. The lowest BCUT2D eigenvalue weighted by molar-refractivity contribution is -0.385. The number of esters is 1. The van der Waals surface area contributed by atoms with Crippen LogP contribution in [-0.4, -0.2) is 22.5 Å².